The van der Waals surface area contributed by atoms with Crippen molar-refractivity contribution in [2.45, 2.75) is 39.5 Å². The molecule has 0 radical (unpaired) electrons. The summed E-state index contributed by atoms with van der Waals surface area (Å²) < 4.78 is 0. The number of hydrogen-bond acceptors (Lipinski definition) is 3. The first kappa shape index (κ1) is 15.7. The van der Waals surface area contributed by atoms with Gasteiger partial charge in [-0.2, -0.15) is 0 Å². The highest BCUT2D eigenvalue weighted by atomic mass is 16.2. The number of benzene rings is 1. The second-order valence-electron chi connectivity index (χ2n) is 6.20. The van der Waals surface area contributed by atoms with Crippen molar-refractivity contribution >= 4 is 23.1 Å². The maximum atomic E-state index is 11.9. The molecule has 2 heterocycles. The van der Waals surface area contributed by atoms with E-state index in [2.05, 4.69) is 36.5 Å². The molecule has 1 saturated heterocycles. The summed E-state index contributed by atoms with van der Waals surface area (Å²) >= 11 is 0. The molecule has 1 amide bonds. The van der Waals surface area contributed by atoms with E-state index < -0.39 is 0 Å². The Labute approximate surface area is 137 Å². The van der Waals surface area contributed by atoms with Crippen LogP contribution in [0.4, 0.5) is 5.69 Å². The van der Waals surface area contributed by atoms with Crippen molar-refractivity contribution in [1.82, 2.24) is 0 Å². The van der Waals surface area contributed by atoms with E-state index in [1.165, 1.54) is 0 Å². The van der Waals surface area contributed by atoms with E-state index >= 15 is 0 Å². The average Bonchev–Trinajstić information content (AvgIpc) is 3.16. The van der Waals surface area contributed by atoms with Crippen molar-refractivity contribution < 1.29 is 4.79 Å². The van der Waals surface area contributed by atoms with E-state index in [0.29, 0.717) is 13.0 Å². The van der Waals surface area contributed by atoms with Crippen LogP contribution < -0.4 is 4.90 Å². The summed E-state index contributed by atoms with van der Waals surface area (Å²) in [5, 5.41) is 0. The van der Waals surface area contributed by atoms with Crippen LogP contribution in [0.3, 0.4) is 0 Å². The third-order valence-electron chi connectivity index (χ3n) is 4.42. The molecule has 120 valence electrons. The first-order chi connectivity index (χ1) is 11.1. The van der Waals surface area contributed by atoms with Crippen LogP contribution in [0.25, 0.3) is 0 Å². The maximum absolute atomic E-state index is 11.9. The molecule has 0 aromatic heterocycles. The first-order valence-electron chi connectivity index (χ1n) is 8.31. The van der Waals surface area contributed by atoms with Gasteiger partial charge in [0.05, 0.1) is 12.3 Å². The molecule has 4 nitrogen and oxygen atoms in total. The van der Waals surface area contributed by atoms with Gasteiger partial charge in [0.1, 0.15) is 0 Å². The van der Waals surface area contributed by atoms with E-state index in [1.807, 2.05) is 17.0 Å². The van der Waals surface area contributed by atoms with E-state index in [4.69, 9.17) is 0 Å². The second kappa shape index (κ2) is 6.49. The molecule has 1 fully saturated rings. The molecule has 0 aliphatic carbocycles. The van der Waals surface area contributed by atoms with Crippen LogP contribution in [0, 0.1) is 6.92 Å². The summed E-state index contributed by atoms with van der Waals surface area (Å²) in [7, 11) is 0. The fraction of sp³-hybridized carbons (Fsp3) is 0.421. The van der Waals surface area contributed by atoms with E-state index in [1.54, 1.807) is 0 Å². The van der Waals surface area contributed by atoms with Gasteiger partial charge in [0.2, 0.25) is 5.91 Å². The summed E-state index contributed by atoms with van der Waals surface area (Å²) in [5.74, 6) is 1.00. The zero-order chi connectivity index (χ0) is 16.4. The average molecular weight is 309 g/mol. The second-order valence-corrected chi connectivity index (χ2v) is 6.20. The number of nitrogens with zero attached hydrogens (tertiary/aromatic N) is 3. The zero-order valence-corrected chi connectivity index (χ0v) is 13.9. The van der Waals surface area contributed by atoms with Crippen molar-refractivity contribution in [1.29, 1.82) is 0 Å². The van der Waals surface area contributed by atoms with Crippen LogP contribution in [0.5, 0.6) is 0 Å². The Bertz CT molecular complexity index is 715. The minimum atomic E-state index is 0.214. The van der Waals surface area contributed by atoms with Gasteiger partial charge in [0, 0.05) is 24.2 Å². The quantitative estimate of drug-likeness (QED) is 0.818. The van der Waals surface area contributed by atoms with Gasteiger partial charge in [-0.3, -0.25) is 9.79 Å². The highest BCUT2D eigenvalue weighted by molar-refractivity contribution is 6.17. The van der Waals surface area contributed by atoms with E-state index in [0.717, 1.165) is 59.7 Å². The molecule has 23 heavy (non-hydrogen) atoms. The third kappa shape index (κ3) is 3.11. The highest BCUT2D eigenvalue weighted by Gasteiger charge is 2.23. The SMILES string of the molecule is C=C(CCC)C1=NC(c2ccc(N3CCCC3=O)cc2C)=NC1. The smallest absolute Gasteiger partial charge is 0.227 e. The Kier molecular flexibility index (Phi) is 4.42. The molecule has 0 spiro atoms. The van der Waals surface area contributed by atoms with Crippen LogP contribution in [-0.4, -0.2) is 30.5 Å². The molecule has 1 aromatic carbocycles. The Balaban J connectivity index is 1.82. The number of aliphatic imine (C=N–C) groups is 2. The van der Waals surface area contributed by atoms with Crippen molar-refractivity contribution in [3.63, 3.8) is 0 Å². The lowest BCUT2D eigenvalue weighted by molar-refractivity contribution is -0.117. The number of carbonyl (C=O) groups excluding carboxylic acids is 1. The Morgan fingerprint density at radius 1 is 1.39 bits per heavy atom. The minimum Gasteiger partial charge on any atom is -0.312 e. The standard InChI is InChI=1S/C19H23N3O/c1-4-6-13(2)17-12-20-19(21-17)16-9-8-15(11-14(16)3)22-10-5-7-18(22)23/h8-9,11H,2,4-7,10,12H2,1,3H3. The van der Waals surface area contributed by atoms with Crippen molar-refractivity contribution in [2.24, 2.45) is 9.98 Å². The van der Waals surface area contributed by atoms with Gasteiger partial charge < -0.3 is 4.90 Å². The maximum Gasteiger partial charge on any atom is 0.227 e. The molecule has 1 aromatic rings. The van der Waals surface area contributed by atoms with Gasteiger partial charge in [-0.15, -0.1) is 0 Å². The van der Waals surface area contributed by atoms with Crippen LogP contribution in [0.1, 0.15) is 43.7 Å². The molecule has 2 aliphatic rings. The summed E-state index contributed by atoms with van der Waals surface area (Å²) in [4.78, 5) is 23.0. The fourth-order valence-corrected chi connectivity index (χ4v) is 3.12. The number of amides is 1. The zero-order valence-electron chi connectivity index (χ0n) is 13.9. The highest BCUT2D eigenvalue weighted by Crippen LogP contribution is 2.25. The number of hydrogen-bond donors (Lipinski definition) is 0. The molecule has 2 aliphatic heterocycles. The summed E-state index contributed by atoms with van der Waals surface area (Å²) in [5.41, 5.74) is 5.21. The predicted octanol–water partition coefficient (Wildman–Crippen LogP) is 3.68. The molecular weight excluding hydrogens is 286 g/mol. The van der Waals surface area contributed by atoms with E-state index in [-0.39, 0.29) is 5.91 Å². The lowest BCUT2D eigenvalue weighted by atomic mass is 10.1. The van der Waals surface area contributed by atoms with Gasteiger partial charge in [-0.1, -0.05) is 19.9 Å². The summed E-state index contributed by atoms with van der Waals surface area (Å²) in [6.07, 6.45) is 3.64. The van der Waals surface area contributed by atoms with E-state index in [9.17, 15) is 4.79 Å². The van der Waals surface area contributed by atoms with Gasteiger partial charge in [0.25, 0.3) is 0 Å². The molecule has 0 N–H and O–H groups in total. The number of aryl methyl sites for hydroxylation is 1. The van der Waals surface area contributed by atoms with Crippen molar-refractivity contribution in [2.75, 3.05) is 18.0 Å². The molecule has 0 atom stereocenters. The van der Waals surface area contributed by atoms with Crippen LogP contribution in [0.15, 0.2) is 40.3 Å². The van der Waals surface area contributed by atoms with Gasteiger partial charge in [0.15, 0.2) is 5.84 Å². The van der Waals surface area contributed by atoms with Gasteiger partial charge in [-0.05, 0) is 49.1 Å². The van der Waals surface area contributed by atoms with Crippen LogP contribution >= 0.6 is 0 Å². The largest absolute Gasteiger partial charge is 0.312 e. The Morgan fingerprint density at radius 3 is 2.87 bits per heavy atom. The monoisotopic (exact) mass is 309 g/mol. The number of rotatable bonds is 5. The van der Waals surface area contributed by atoms with Crippen molar-refractivity contribution in [3.8, 4) is 0 Å². The molecule has 0 saturated carbocycles. The number of amidine groups is 1. The van der Waals surface area contributed by atoms with Crippen LogP contribution in [0.2, 0.25) is 0 Å². The lowest BCUT2D eigenvalue weighted by Gasteiger charge is -2.17. The minimum absolute atomic E-state index is 0.214. The van der Waals surface area contributed by atoms with Crippen molar-refractivity contribution in [3.05, 3.63) is 41.5 Å². The van der Waals surface area contributed by atoms with Gasteiger partial charge in [-0.25, -0.2) is 4.99 Å². The Hall–Kier alpha value is -2.23. The predicted molar refractivity (Wildman–Crippen MR) is 95.7 cm³/mol. The third-order valence-corrected chi connectivity index (χ3v) is 4.42. The molecule has 4 heteroatoms. The fourth-order valence-electron chi connectivity index (χ4n) is 3.12. The number of anilines is 1. The topological polar surface area (TPSA) is 45.0 Å². The first-order valence-corrected chi connectivity index (χ1v) is 8.31. The summed E-state index contributed by atoms with van der Waals surface area (Å²) in [6.45, 7) is 9.74. The molecule has 3 rings (SSSR count). The van der Waals surface area contributed by atoms with Crippen LogP contribution in [-0.2, 0) is 4.79 Å². The summed E-state index contributed by atoms with van der Waals surface area (Å²) in [6, 6.07) is 6.10. The normalized spacial score (nSPS) is 17.5. The lowest BCUT2D eigenvalue weighted by Crippen LogP contribution is -2.23. The Morgan fingerprint density at radius 2 is 2.22 bits per heavy atom. The molecule has 0 unspecified atom stereocenters. The molecular formula is C19H23N3O. The number of carbonyl (C=O) groups is 1. The van der Waals surface area contributed by atoms with Gasteiger partial charge >= 0.3 is 0 Å². The molecule has 0 bridgehead atoms.